The maximum absolute atomic E-state index is 11.5. The summed E-state index contributed by atoms with van der Waals surface area (Å²) in [6.07, 6.45) is 9.12. The second-order valence-electron chi connectivity index (χ2n) is 8.47. The molecule has 0 fully saturated rings. The summed E-state index contributed by atoms with van der Waals surface area (Å²) < 4.78 is 2.03. The highest BCUT2D eigenvalue weighted by atomic mass is 16.4. The number of aryl methyl sites for hydroxylation is 3. The molecule has 6 nitrogen and oxygen atoms in total. The second kappa shape index (κ2) is 11.4. The van der Waals surface area contributed by atoms with Crippen molar-refractivity contribution in [2.75, 3.05) is 0 Å². The SMILES string of the molecule is CCCCCc1nc(CCc2ccccc2)nn1Cc1ccc(-c2ccncc2C(=O)O)cc1. The van der Waals surface area contributed by atoms with Gasteiger partial charge in [0.05, 0.1) is 12.1 Å². The highest BCUT2D eigenvalue weighted by Crippen LogP contribution is 2.24. The molecule has 0 aliphatic rings. The van der Waals surface area contributed by atoms with Crippen LogP contribution in [0, 0.1) is 0 Å². The maximum Gasteiger partial charge on any atom is 0.337 e. The Kier molecular flexibility index (Phi) is 7.81. The minimum absolute atomic E-state index is 0.202. The second-order valence-corrected chi connectivity index (χ2v) is 8.47. The van der Waals surface area contributed by atoms with Crippen LogP contribution >= 0.6 is 0 Å². The number of rotatable bonds is 11. The van der Waals surface area contributed by atoms with E-state index in [2.05, 4.69) is 36.2 Å². The molecule has 34 heavy (non-hydrogen) atoms. The Morgan fingerprint density at radius 1 is 0.912 bits per heavy atom. The van der Waals surface area contributed by atoms with Crippen molar-refractivity contribution in [2.24, 2.45) is 0 Å². The minimum atomic E-state index is -0.977. The Bertz CT molecular complexity index is 1220. The van der Waals surface area contributed by atoms with Crippen molar-refractivity contribution in [3.8, 4) is 11.1 Å². The van der Waals surface area contributed by atoms with Gasteiger partial charge in [0.2, 0.25) is 0 Å². The summed E-state index contributed by atoms with van der Waals surface area (Å²) in [7, 11) is 0. The van der Waals surface area contributed by atoms with Gasteiger partial charge in [-0.3, -0.25) is 4.98 Å². The fourth-order valence-corrected chi connectivity index (χ4v) is 4.06. The molecule has 0 spiro atoms. The lowest BCUT2D eigenvalue weighted by atomic mass is 10.0. The van der Waals surface area contributed by atoms with E-state index in [0.29, 0.717) is 12.1 Å². The molecule has 0 unspecified atom stereocenters. The van der Waals surface area contributed by atoms with Crippen molar-refractivity contribution in [2.45, 2.75) is 52.0 Å². The van der Waals surface area contributed by atoms with Crippen molar-refractivity contribution < 1.29 is 9.90 Å². The van der Waals surface area contributed by atoms with Gasteiger partial charge in [0.1, 0.15) is 5.82 Å². The summed E-state index contributed by atoms with van der Waals surface area (Å²) in [5.41, 5.74) is 4.12. The van der Waals surface area contributed by atoms with E-state index >= 15 is 0 Å². The van der Waals surface area contributed by atoms with Gasteiger partial charge in [-0.15, -0.1) is 0 Å². The Balaban J connectivity index is 1.51. The summed E-state index contributed by atoms with van der Waals surface area (Å²) in [5.74, 6) is 0.937. The largest absolute Gasteiger partial charge is 0.478 e. The van der Waals surface area contributed by atoms with Crippen LogP contribution in [-0.2, 0) is 25.8 Å². The highest BCUT2D eigenvalue weighted by Gasteiger charge is 2.13. The number of unbranched alkanes of at least 4 members (excludes halogenated alkanes) is 2. The lowest BCUT2D eigenvalue weighted by Gasteiger charge is -2.09. The third kappa shape index (κ3) is 5.95. The zero-order valence-electron chi connectivity index (χ0n) is 19.5. The Labute approximate surface area is 200 Å². The molecule has 2 aromatic carbocycles. The fraction of sp³-hybridized carbons (Fsp3) is 0.286. The molecule has 0 radical (unpaired) electrons. The quantitative estimate of drug-likeness (QED) is 0.298. The smallest absolute Gasteiger partial charge is 0.337 e. The van der Waals surface area contributed by atoms with Crippen LogP contribution in [0.3, 0.4) is 0 Å². The number of hydrogen-bond acceptors (Lipinski definition) is 4. The van der Waals surface area contributed by atoms with Gasteiger partial charge in [0.15, 0.2) is 5.82 Å². The van der Waals surface area contributed by atoms with Crippen molar-refractivity contribution in [1.82, 2.24) is 19.7 Å². The molecule has 4 rings (SSSR count). The van der Waals surface area contributed by atoms with E-state index in [0.717, 1.165) is 48.5 Å². The number of pyridine rings is 1. The molecule has 4 aromatic rings. The van der Waals surface area contributed by atoms with Crippen molar-refractivity contribution in [1.29, 1.82) is 0 Å². The van der Waals surface area contributed by atoms with Crippen molar-refractivity contribution in [3.63, 3.8) is 0 Å². The molecule has 6 heteroatoms. The van der Waals surface area contributed by atoms with Crippen LogP contribution in [0.1, 0.15) is 59.3 Å². The number of carboxylic acid groups (broad SMARTS) is 1. The van der Waals surface area contributed by atoms with E-state index in [9.17, 15) is 9.90 Å². The number of hydrogen-bond donors (Lipinski definition) is 1. The minimum Gasteiger partial charge on any atom is -0.478 e. The third-order valence-corrected chi connectivity index (χ3v) is 5.93. The molecule has 0 saturated carbocycles. The van der Waals surface area contributed by atoms with E-state index in [4.69, 9.17) is 10.1 Å². The van der Waals surface area contributed by atoms with Crippen LogP contribution in [0.4, 0.5) is 0 Å². The fourth-order valence-electron chi connectivity index (χ4n) is 4.06. The lowest BCUT2D eigenvalue weighted by Crippen LogP contribution is -2.07. The first-order valence-electron chi connectivity index (χ1n) is 11.9. The molecule has 2 aromatic heterocycles. The monoisotopic (exact) mass is 454 g/mol. The molecular formula is C28H30N4O2. The van der Waals surface area contributed by atoms with E-state index in [1.807, 2.05) is 35.0 Å². The molecule has 0 amide bonds. The first kappa shape index (κ1) is 23.4. The van der Waals surface area contributed by atoms with E-state index in [1.165, 1.54) is 24.6 Å². The molecule has 0 saturated heterocycles. The first-order valence-corrected chi connectivity index (χ1v) is 11.9. The van der Waals surface area contributed by atoms with Gasteiger partial charge >= 0.3 is 5.97 Å². The zero-order valence-corrected chi connectivity index (χ0v) is 19.5. The predicted octanol–water partition coefficient (Wildman–Crippen LogP) is 5.60. The van der Waals surface area contributed by atoms with Crippen LogP contribution < -0.4 is 0 Å². The number of carbonyl (C=O) groups is 1. The molecule has 1 N–H and O–H groups in total. The molecular weight excluding hydrogens is 424 g/mol. The molecule has 0 aliphatic carbocycles. The number of benzene rings is 2. The van der Waals surface area contributed by atoms with Crippen LogP contribution in [0.15, 0.2) is 73.1 Å². The van der Waals surface area contributed by atoms with Gasteiger partial charge < -0.3 is 5.11 Å². The molecule has 174 valence electrons. The molecule has 0 bridgehead atoms. The Hall–Kier alpha value is -3.80. The number of nitrogens with zero attached hydrogens (tertiary/aromatic N) is 4. The highest BCUT2D eigenvalue weighted by molar-refractivity contribution is 5.95. The number of aromatic carboxylic acids is 1. The summed E-state index contributed by atoms with van der Waals surface area (Å²) >= 11 is 0. The van der Waals surface area contributed by atoms with Gasteiger partial charge in [0, 0.05) is 25.2 Å². The third-order valence-electron chi connectivity index (χ3n) is 5.93. The van der Waals surface area contributed by atoms with Gasteiger partial charge in [-0.05, 0) is 41.2 Å². The van der Waals surface area contributed by atoms with Crippen LogP contribution in [-0.4, -0.2) is 30.8 Å². The topological polar surface area (TPSA) is 80.9 Å². The van der Waals surface area contributed by atoms with E-state index in [-0.39, 0.29) is 5.56 Å². The lowest BCUT2D eigenvalue weighted by molar-refractivity contribution is 0.0697. The standard InChI is InChI=1S/C28H30N4O2/c1-2-3-5-10-27-30-26(16-13-21-8-6-4-7-9-21)31-32(27)20-22-11-14-23(15-12-22)24-17-18-29-19-25(24)28(33)34/h4,6-9,11-12,14-15,17-19H,2-3,5,10,13,16,20H2,1H3,(H,33,34). The molecule has 2 heterocycles. The van der Waals surface area contributed by atoms with Gasteiger partial charge in [-0.25, -0.2) is 14.5 Å². The summed E-state index contributed by atoms with van der Waals surface area (Å²) in [4.78, 5) is 20.3. The average molecular weight is 455 g/mol. The number of aromatic nitrogens is 4. The van der Waals surface area contributed by atoms with Crippen LogP contribution in [0.2, 0.25) is 0 Å². The van der Waals surface area contributed by atoms with Gasteiger partial charge in [-0.2, -0.15) is 5.10 Å². The van der Waals surface area contributed by atoms with Gasteiger partial charge in [-0.1, -0.05) is 74.4 Å². The van der Waals surface area contributed by atoms with Crippen LogP contribution in [0.5, 0.6) is 0 Å². The first-order chi connectivity index (χ1) is 16.6. The zero-order chi connectivity index (χ0) is 23.8. The van der Waals surface area contributed by atoms with Crippen LogP contribution in [0.25, 0.3) is 11.1 Å². The Morgan fingerprint density at radius 2 is 1.71 bits per heavy atom. The number of carboxylic acids is 1. The average Bonchev–Trinajstić information content (AvgIpc) is 3.25. The molecule has 0 aliphatic heterocycles. The van der Waals surface area contributed by atoms with E-state index < -0.39 is 5.97 Å². The summed E-state index contributed by atoms with van der Waals surface area (Å²) in [6, 6.07) is 20.1. The van der Waals surface area contributed by atoms with Gasteiger partial charge in [0.25, 0.3) is 0 Å². The van der Waals surface area contributed by atoms with Crippen molar-refractivity contribution >= 4 is 5.97 Å². The maximum atomic E-state index is 11.5. The van der Waals surface area contributed by atoms with E-state index in [1.54, 1.807) is 12.3 Å². The summed E-state index contributed by atoms with van der Waals surface area (Å²) in [5, 5.41) is 14.3. The summed E-state index contributed by atoms with van der Waals surface area (Å²) in [6.45, 7) is 2.85. The Morgan fingerprint density at radius 3 is 2.44 bits per heavy atom. The normalized spacial score (nSPS) is 11.0. The predicted molar refractivity (Wildman–Crippen MR) is 133 cm³/mol. The van der Waals surface area contributed by atoms with Crippen molar-refractivity contribution in [3.05, 3.63) is 101 Å². The molecule has 0 atom stereocenters.